The van der Waals surface area contributed by atoms with Gasteiger partial charge in [0.25, 0.3) is 15.8 Å². The van der Waals surface area contributed by atoms with Crippen LogP contribution in [0.2, 0.25) is 0 Å². The van der Waals surface area contributed by atoms with Gasteiger partial charge in [0.1, 0.15) is 6.10 Å². The fourth-order valence-corrected chi connectivity index (χ4v) is 3.48. The van der Waals surface area contributed by atoms with Gasteiger partial charge in [0.15, 0.2) is 5.79 Å². The summed E-state index contributed by atoms with van der Waals surface area (Å²) >= 11 is 0. The van der Waals surface area contributed by atoms with Crippen LogP contribution in [0.4, 0.5) is 5.69 Å². The number of non-ortho nitro benzene ring substituents is 1. The van der Waals surface area contributed by atoms with Crippen molar-refractivity contribution < 1.29 is 33.9 Å². The molecule has 1 heterocycles. The summed E-state index contributed by atoms with van der Waals surface area (Å²) in [5, 5.41) is 11.0. The fraction of sp³-hybridized carbons (Fsp3) is 0.368. The second kappa shape index (κ2) is 7.96. The highest BCUT2D eigenvalue weighted by molar-refractivity contribution is 7.86. The van der Waals surface area contributed by atoms with Crippen molar-refractivity contribution in [2.75, 3.05) is 13.2 Å². The van der Waals surface area contributed by atoms with E-state index < -0.39 is 40.2 Å². The fourth-order valence-electron chi connectivity index (χ4n) is 2.49. The number of rotatable bonds is 7. The third-order valence-corrected chi connectivity index (χ3v) is 5.25. The van der Waals surface area contributed by atoms with Crippen LogP contribution < -0.4 is 0 Å². The molecule has 2 aromatic carbocycles. The molecule has 28 heavy (non-hydrogen) atoms. The Morgan fingerprint density at radius 2 is 1.82 bits per heavy atom. The summed E-state index contributed by atoms with van der Waals surface area (Å²) < 4.78 is 82.6. The van der Waals surface area contributed by atoms with Gasteiger partial charge in [-0.15, -0.1) is 0 Å². The molecule has 1 fully saturated rings. The summed E-state index contributed by atoms with van der Waals surface area (Å²) in [4.78, 5) is 10.0. The highest BCUT2D eigenvalue weighted by atomic mass is 32.2. The highest BCUT2D eigenvalue weighted by Gasteiger charge is 2.37. The minimum Gasteiger partial charge on any atom is -0.348 e. The van der Waals surface area contributed by atoms with Gasteiger partial charge in [-0.05, 0) is 43.6 Å². The predicted octanol–water partition coefficient (Wildman–Crippen LogP) is 3.50. The van der Waals surface area contributed by atoms with Crippen molar-refractivity contribution in [2.24, 2.45) is 0 Å². The van der Waals surface area contributed by atoms with Gasteiger partial charge < -0.3 is 9.47 Å². The van der Waals surface area contributed by atoms with E-state index >= 15 is 0 Å². The molecule has 1 saturated heterocycles. The SMILES string of the molecule is [2H]C([2H])([2H])C1(C([2H])([2H])C(OS(=O)(=O)c2ccc(C)cc2)c2ccc([N+](=O)[O-])cc2)OCCO1. The zero-order valence-electron chi connectivity index (χ0n) is 19.8. The lowest BCUT2D eigenvalue weighted by Crippen LogP contribution is -2.30. The Morgan fingerprint density at radius 1 is 1.21 bits per heavy atom. The van der Waals surface area contributed by atoms with Crippen LogP contribution in [-0.4, -0.2) is 32.3 Å². The van der Waals surface area contributed by atoms with Gasteiger partial charge >= 0.3 is 0 Å². The molecule has 150 valence electrons. The summed E-state index contributed by atoms with van der Waals surface area (Å²) in [7, 11) is -4.60. The lowest BCUT2D eigenvalue weighted by atomic mass is 10.0. The summed E-state index contributed by atoms with van der Waals surface area (Å²) in [6.45, 7) is -1.90. The van der Waals surface area contributed by atoms with Crippen molar-refractivity contribution in [2.45, 2.75) is 36.9 Å². The number of hydrogen-bond acceptors (Lipinski definition) is 7. The smallest absolute Gasteiger partial charge is 0.297 e. The molecule has 0 aromatic heterocycles. The van der Waals surface area contributed by atoms with E-state index in [-0.39, 0.29) is 29.4 Å². The predicted molar refractivity (Wildman–Crippen MR) is 100 cm³/mol. The molecule has 0 spiro atoms. The molecule has 2 aromatic rings. The van der Waals surface area contributed by atoms with E-state index in [4.69, 9.17) is 20.5 Å². The van der Waals surface area contributed by atoms with Crippen LogP contribution in [0.5, 0.6) is 0 Å². The van der Waals surface area contributed by atoms with Crippen LogP contribution in [-0.2, 0) is 23.8 Å². The average molecular weight is 412 g/mol. The molecule has 0 saturated carbocycles. The standard InChI is InChI=1S/C19H21NO7S/c1-14-3-9-17(10-4-14)28(23,24)27-18(13-19(2)25-11-12-26-19)15-5-7-16(8-6-15)20(21)22/h3-10,18H,11-13H2,1-2H3/i2D3,13D2. The largest absolute Gasteiger partial charge is 0.348 e. The van der Waals surface area contributed by atoms with E-state index in [0.29, 0.717) is 0 Å². The lowest BCUT2D eigenvalue weighted by Gasteiger charge is -2.27. The van der Waals surface area contributed by atoms with Crippen LogP contribution in [0.3, 0.4) is 0 Å². The first-order valence-electron chi connectivity index (χ1n) is 10.7. The molecule has 1 aliphatic heterocycles. The van der Waals surface area contributed by atoms with E-state index in [0.717, 1.165) is 29.8 Å². The van der Waals surface area contributed by atoms with Crippen molar-refractivity contribution in [3.8, 4) is 0 Å². The van der Waals surface area contributed by atoms with Crippen LogP contribution >= 0.6 is 0 Å². The first-order chi connectivity index (χ1) is 15.2. The van der Waals surface area contributed by atoms with Crippen LogP contribution in [0.15, 0.2) is 53.4 Å². The molecule has 8 nitrogen and oxygen atoms in total. The van der Waals surface area contributed by atoms with Crippen molar-refractivity contribution in [1.29, 1.82) is 0 Å². The van der Waals surface area contributed by atoms with Gasteiger partial charge in [-0.3, -0.25) is 14.3 Å². The second-order valence-corrected chi connectivity index (χ2v) is 7.62. The zero-order valence-corrected chi connectivity index (χ0v) is 15.6. The molecule has 0 radical (unpaired) electrons. The Kier molecular flexibility index (Phi) is 4.16. The maximum atomic E-state index is 13.0. The average Bonchev–Trinajstić information content (AvgIpc) is 3.25. The van der Waals surface area contributed by atoms with Crippen LogP contribution in [0.1, 0.15) is 37.3 Å². The summed E-state index contributed by atoms with van der Waals surface area (Å²) in [6.07, 6.45) is -5.16. The third-order valence-electron chi connectivity index (χ3n) is 3.95. The molecule has 0 N–H and O–H groups in total. The maximum Gasteiger partial charge on any atom is 0.297 e. The molecule has 9 heteroatoms. The number of ether oxygens (including phenoxy) is 2. The third kappa shape index (κ3) is 4.74. The Morgan fingerprint density at radius 3 is 2.36 bits per heavy atom. The van der Waals surface area contributed by atoms with Gasteiger partial charge in [-0.25, -0.2) is 0 Å². The van der Waals surface area contributed by atoms with Gasteiger partial charge in [0, 0.05) is 25.4 Å². The van der Waals surface area contributed by atoms with E-state index in [2.05, 4.69) is 0 Å². The molecule has 0 aliphatic carbocycles. The summed E-state index contributed by atoms with van der Waals surface area (Å²) in [6, 6.07) is 9.78. The van der Waals surface area contributed by atoms with Crippen molar-refractivity contribution >= 4 is 15.8 Å². The van der Waals surface area contributed by atoms with Gasteiger partial charge in [-0.1, -0.05) is 17.7 Å². The monoisotopic (exact) mass is 412 g/mol. The van der Waals surface area contributed by atoms with Crippen LogP contribution in [0.25, 0.3) is 0 Å². The lowest BCUT2D eigenvalue weighted by molar-refractivity contribution is -0.384. The molecular weight excluding hydrogens is 386 g/mol. The van der Waals surface area contributed by atoms with Crippen LogP contribution in [0, 0.1) is 17.0 Å². The van der Waals surface area contributed by atoms with Crippen molar-refractivity contribution in [3.05, 3.63) is 69.8 Å². The minimum atomic E-state index is -4.60. The normalized spacial score (nSPS) is 21.0. The topological polar surface area (TPSA) is 105 Å². The second-order valence-electron chi connectivity index (χ2n) is 6.05. The summed E-state index contributed by atoms with van der Waals surface area (Å²) in [5.41, 5.74) is 0.271. The van der Waals surface area contributed by atoms with Crippen molar-refractivity contribution in [3.63, 3.8) is 0 Å². The zero-order chi connectivity index (χ0) is 24.7. The van der Waals surface area contributed by atoms with Gasteiger partial charge in [0.2, 0.25) is 0 Å². The first kappa shape index (κ1) is 14.6. The molecule has 1 atom stereocenters. The molecule has 1 unspecified atom stereocenters. The molecular formula is C19H21NO7S. The van der Waals surface area contributed by atoms with E-state index in [9.17, 15) is 18.5 Å². The summed E-state index contributed by atoms with van der Waals surface area (Å²) in [5.74, 6) is -2.84. The number of nitrogens with zero attached hydrogens (tertiary/aromatic N) is 1. The molecule has 1 aliphatic rings. The van der Waals surface area contributed by atoms with Gasteiger partial charge in [-0.2, -0.15) is 8.42 Å². The molecule has 3 rings (SSSR count). The van der Waals surface area contributed by atoms with E-state index in [1.165, 1.54) is 24.3 Å². The van der Waals surface area contributed by atoms with Crippen molar-refractivity contribution in [1.82, 2.24) is 0 Å². The number of aryl methyl sites for hydroxylation is 1. The Hall–Kier alpha value is -2.33. The maximum absolute atomic E-state index is 13.0. The number of hydrogen-bond donors (Lipinski definition) is 0. The Labute approximate surface area is 170 Å². The first-order valence-corrected chi connectivity index (χ1v) is 9.64. The number of benzene rings is 2. The number of nitro groups is 1. The van der Waals surface area contributed by atoms with Gasteiger partial charge in [0.05, 0.1) is 23.0 Å². The van der Waals surface area contributed by atoms with E-state index in [1.807, 2.05) is 0 Å². The molecule has 0 amide bonds. The van der Waals surface area contributed by atoms with E-state index in [1.54, 1.807) is 6.92 Å². The quantitative estimate of drug-likeness (QED) is 0.389. The number of nitro benzene ring substituents is 1. The highest BCUT2D eigenvalue weighted by Crippen LogP contribution is 2.35. The molecule has 0 bridgehead atoms. The Balaban J connectivity index is 2.14. The minimum absolute atomic E-state index is 0.163. The Bertz CT molecular complexity index is 1110.